The number of anilines is 1. The Morgan fingerprint density at radius 1 is 1.30 bits per heavy atom. The maximum Gasteiger partial charge on any atom is 0.250 e. The van der Waals surface area contributed by atoms with Crippen molar-refractivity contribution in [2.75, 3.05) is 30.8 Å². The van der Waals surface area contributed by atoms with Gasteiger partial charge in [-0.05, 0) is 43.5 Å². The molecule has 0 radical (unpaired) electrons. The first-order chi connectivity index (χ1) is 16.0. The highest BCUT2D eigenvalue weighted by molar-refractivity contribution is 8.23. The first-order valence-electron chi connectivity index (χ1n) is 10.9. The topological polar surface area (TPSA) is 76.5 Å². The summed E-state index contributed by atoms with van der Waals surface area (Å²) in [5.74, 6) is 1.60. The zero-order chi connectivity index (χ0) is 22.9. The molecule has 3 aromatic rings. The first kappa shape index (κ1) is 22.4. The van der Waals surface area contributed by atoms with E-state index in [-0.39, 0.29) is 17.2 Å². The van der Waals surface area contributed by atoms with Crippen molar-refractivity contribution in [3.8, 4) is 5.75 Å². The lowest BCUT2D eigenvalue weighted by atomic mass is 9.83. The predicted octanol–water partition coefficient (Wildman–Crippen LogP) is 3.93. The smallest absolute Gasteiger partial charge is 0.250 e. The Bertz CT molecular complexity index is 1270. The van der Waals surface area contributed by atoms with E-state index >= 15 is 0 Å². The number of carbonyl (C=O) groups is 1. The summed E-state index contributed by atoms with van der Waals surface area (Å²) in [6.07, 6.45) is 1.08. The molecule has 172 valence electrons. The van der Waals surface area contributed by atoms with Crippen molar-refractivity contribution in [2.24, 2.45) is 5.92 Å². The molecule has 1 amide bonds. The molecule has 0 spiro atoms. The number of thiocarbonyl (C=S) groups is 1. The average molecular weight is 501 g/mol. The molecular weight excluding hydrogens is 476 g/mol. The zero-order valence-corrected chi connectivity index (χ0v) is 20.6. The summed E-state index contributed by atoms with van der Waals surface area (Å²) in [7, 11) is 0. The highest BCUT2D eigenvalue weighted by Crippen LogP contribution is 2.36. The van der Waals surface area contributed by atoms with E-state index < -0.39 is 0 Å². The number of fused-ring (bicyclic) bond motifs is 5. The zero-order valence-electron chi connectivity index (χ0n) is 18.2. The van der Waals surface area contributed by atoms with Crippen molar-refractivity contribution >= 4 is 60.9 Å². The van der Waals surface area contributed by atoms with Crippen molar-refractivity contribution in [3.05, 3.63) is 52.4 Å². The summed E-state index contributed by atoms with van der Waals surface area (Å²) in [6.45, 7) is 4.90. The van der Waals surface area contributed by atoms with Gasteiger partial charge in [0.25, 0.3) is 5.56 Å². The van der Waals surface area contributed by atoms with Gasteiger partial charge in [-0.25, -0.2) is 4.98 Å². The van der Waals surface area contributed by atoms with Crippen molar-refractivity contribution < 1.29 is 9.53 Å². The quantitative estimate of drug-likeness (QED) is 0.532. The van der Waals surface area contributed by atoms with Crippen LogP contribution in [0.2, 0.25) is 0 Å². The second-order valence-electron chi connectivity index (χ2n) is 8.29. The molecule has 0 unspecified atom stereocenters. The number of hydrogen-bond donors (Lipinski definition) is 1. The molecule has 4 heterocycles. The summed E-state index contributed by atoms with van der Waals surface area (Å²) < 4.78 is 9.15. The molecule has 5 rings (SSSR count). The Hall–Kier alpha value is -2.43. The maximum atomic E-state index is 12.5. The van der Waals surface area contributed by atoms with E-state index in [9.17, 15) is 9.59 Å². The number of hydrogen-bond acceptors (Lipinski definition) is 7. The van der Waals surface area contributed by atoms with Gasteiger partial charge in [-0.3, -0.25) is 9.59 Å². The Kier molecular flexibility index (Phi) is 6.40. The van der Waals surface area contributed by atoms with Crippen molar-refractivity contribution in [1.29, 1.82) is 0 Å². The number of likely N-dealkylation sites (tertiary alicyclic amines) is 1. The van der Waals surface area contributed by atoms with Gasteiger partial charge in [-0.1, -0.05) is 41.4 Å². The third-order valence-electron chi connectivity index (χ3n) is 5.98. The van der Waals surface area contributed by atoms with E-state index in [1.54, 1.807) is 6.07 Å². The number of thioether (sulfide) groups is 1. The van der Waals surface area contributed by atoms with Crippen LogP contribution in [0.15, 0.2) is 41.2 Å². The number of nitrogens with zero attached hydrogens (tertiary/aromatic N) is 3. The van der Waals surface area contributed by atoms with Gasteiger partial charge in [0.15, 0.2) is 5.13 Å². The van der Waals surface area contributed by atoms with Gasteiger partial charge in [0.05, 0.1) is 22.6 Å². The Labute approximate surface area is 205 Å². The van der Waals surface area contributed by atoms with Gasteiger partial charge in [0.2, 0.25) is 5.91 Å². The summed E-state index contributed by atoms with van der Waals surface area (Å²) in [4.78, 5) is 31.4. The summed E-state index contributed by atoms with van der Waals surface area (Å²) in [6, 6.07) is 11.2. The molecule has 1 N–H and O–H groups in total. The van der Waals surface area contributed by atoms with Crippen LogP contribution in [0.3, 0.4) is 0 Å². The van der Waals surface area contributed by atoms with E-state index in [0.717, 1.165) is 52.0 Å². The number of thiazole rings is 1. The largest absolute Gasteiger partial charge is 0.494 e. The fraction of sp³-hybridized carbons (Fsp3) is 0.391. The molecule has 2 bridgehead atoms. The van der Waals surface area contributed by atoms with Crippen molar-refractivity contribution in [1.82, 2.24) is 14.5 Å². The third kappa shape index (κ3) is 4.78. The lowest BCUT2D eigenvalue weighted by Crippen LogP contribution is -2.48. The van der Waals surface area contributed by atoms with Crippen LogP contribution in [0.4, 0.5) is 5.13 Å². The Morgan fingerprint density at radius 3 is 3.03 bits per heavy atom. The first-order valence-corrected chi connectivity index (χ1v) is 13.2. The van der Waals surface area contributed by atoms with Gasteiger partial charge < -0.3 is 19.5 Å². The highest BCUT2D eigenvalue weighted by Gasteiger charge is 2.35. The SMILES string of the molecule is CCOc1ccc2nc(NC(=O)CSC(=S)N3C[C@H]4C[C@H](C3)c3cccc(=O)n3C4)sc2c1. The fourth-order valence-corrected chi connectivity index (χ4v) is 6.53. The lowest BCUT2D eigenvalue weighted by Gasteiger charge is -2.43. The van der Waals surface area contributed by atoms with E-state index in [4.69, 9.17) is 17.0 Å². The van der Waals surface area contributed by atoms with Crippen LogP contribution in [0.1, 0.15) is 25.0 Å². The van der Waals surface area contributed by atoms with Crippen LogP contribution < -0.4 is 15.6 Å². The summed E-state index contributed by atoms with van der Waals surface area (Å²) in [5, 5.41) is 3.46. The average Bonchev–Trinajstić information content (AvgIpc) is 3.19. The maximum absolute atomic E-state index is 12.5. The minimum absolute atomic E-state index is 0.0771. The monoisotopic (exact) mass is 500 g/mol. The van der Waals surface area contributed by atoms with Gasteiger partial charge >= 0.3 is 0 Å². The van der Waals surface area contributed by atoms with Crippen LogP contribution in [0, 0.1) is 5.92 Å². The molecule has 1 saturated heterocycles. The number of benzene rings is 1. The number of nitrogens with one attached hydrogen (secondary N) is 1. The van der Waals surface area contributed by atoms with Crippen LogP contribution >= 0.6 is 35.3 Å². The summed E-state index contributed by atoms with van der Waals surface area (Å²) >= 11 is 8.48. The van der Waals surface area contributed by atoms with Crippen LogP contribution in [0.25, 0.3) is 10.2 Å². The molecule has 2 aliphatic rings. The number of rotatable bonds is 5. The van der Waals surface area contributed by atoms with Gasteiger partial charge in [-0.15, -0.1) is 0 Å². The van der Waals surface area contributed by atoms with E-state index in [1.807, 2.05) is 41.8 Å². The number of amides is 1. The van der Waals surface area contributed by atoms with Crippen LogP contribution in [-0.2, 0) is 11.3 Å². The second-order valence-corrected chi connectivity index (χ2v) is 10.9. The molecule has 2 aromatic heterocycles. The molecule has 7 nitrogen and oxygen atoms in total. The normalized spacial score (nSPS) is 19.2. The number of carbonyl (C=O) groups excluding carboxylic acids is 1. The predicted molar refractivity (Wildman–Crippen MR) is 138 cm³/mol. The van der Waals surface area contributed by atoms with Gasteiger partial charge in [-0.2, -0.15) is 0 Å². The third-order valence-corrected chi connectivity index (χ3v) is 8.44. The van der Waals surface area contributed by atoms with E-state index in [1.165, 1.54) is 23.1 Å². The molecule has 10 heteroatoms. The van der Waals surface area contributed by atoms with E-state index in [0.29, 0.717) is 23.6 Å². The number of aromatic nitrogens is 2. The van der Waals surface area contributed by atoms with Gasteiger partial charge in [0, 0.05) is 37.3 Å². The molecule has 1 aromatic carbocycles. The van der Waals surface area contributed by atoms with Crippen LogP contribution in [0.5, 0.6) is 5.75 Å². The van der Waals surface area contributed by atoms with Crippen molar-refractivity contribution in [3.63, 3.8) is 0 Å². The molecule has 0 aliphatic carbocycles. The van der Waals surface area contributed by atoms with Crippen molar-refractivity contribution in [2.45, 2.75) is 25.8 Å². The number of piperidine rings is 1. The minimum atomic E-state index is -0.125. The fourth-order valence-electron chi connectivity index (χ4n) is 4.63. The van der Waals surface area contributed by atoms with Gasteiger partial charge in [0.1, 0.15) is 10.1 Å². The highest BCUT2D eigenvalue weighted by atomic mass is 32.2. The molecule has 2 atom stereocenters. The summed E-state index contributed by atoms with van der Waals surface area (Å²) in [5.41, 5.74) is 2.01. The second kappa shape index (κ2) is 9.44. The lowest BCUT2D eigenvalue weighted by molar-refractivity contribution is -0.113. The molecule has 33 heavy (non-hydrogen) atoms. The Balaban J connectivity index is 1.17. The standard InChI is InChI=1S/C23H24N4O3S3/c1-2-30-16-6-7-17-19(9-16)33-22(24-17)25-20(28)13-32-23(31)26-10-14-8-15(12-26)18-4-3-5-21(29)27(18)11-14/h3-7,9,14-15H,2,8,10-13H2,1H3,(H,24,25,28)/t14-,15-/m1/s1. The molecule has 0 saturated carbocycles. The minimum Gasteiger partial charge on any atom is -0.494 e. The molecule has 2 aliphatic heterocycles. The number of pyridine rings is 1. The Morgan fingerprint density at radius 2 is 2.18 bits per heavy atom. The van der Waals surface area contributed by atoms with Crippen LogP contribution in [-0.4, -0.2) is 50.1 Å². The van der Waals surface area contributed by atoms with E-state index in [2.05, 4.69) is 15.2 Å². The number of ether oxygens (including phenoxy) is 1. The molecular formula is C23H24N4O3S3. The molecule has 1 fully saturated rings.